The van der Waals surface area contributed by atoms with Gasteiger partial charge in [-0.2, -0.15) is 5.10 Å². The molecule has 3 heterocycles. The predicted molar refractivity (Wildman–Crippen MR) is 90.7 cm³/mol. The zero-order valence-corrected chi connectivity index (χ0v) is 14.7. The number of hydrogen-bond donors (Lipinski definition) is 0. The zero-order valence-electron chi connectivity index (χ0n) is 14.7. The predicted octanol–water partition coefficient (Wildman–Crippen LogP) is 0.499. The maximum atomic E-state index is 12.6. The average molecular weight is 333 g/mol. The van der Waals surface area contributed by atoms with Gasteiger partial charge in [-0.1, -0.05) is 0 Å². The van der Waals surface area contributed by atoms with Crippen molar-refractivity contribution in [3.63, 3.8) is 0 Å². The zero-order chi connectivity index (χ0) is 17.1. The molecule has 0 unspecified atom stereocenters. The van der Waals surface area contributed by atoms with Crippen LogP contribution in [0.1, 0.15) is 35.4 Å². The van der Waals surface area contributed by atoms with Gasteiger partial charge < -0.3 is 9.80 Å². The summed E-state index contributed by atoms with van der Waals surface area (Å²) in [5.74, 6) is 0.221. The van der Waals surface area contributed by atoms with E-state index in [4.69, 9.17) is 0 Å². The number of amides is 2. The number of carbonyl (C=O) groups excluding carboxylic acids is 2. The molecular formula is C17H27N5O2. The number of aromatic nitrogens is 2. The number of hydrogen-bond acceptors (Lipinski definition) is 4. The Balaban J connectivity index is 1.54. The molecule has 0 N–H and O–H groups in total. The van der Waals surface area contributed by atoms with E-state index >= 15 is 0 Å². The highest BCUT2D eigenvalue weighted by Gasteiger charge is 2.25. The topological polar surface area (TPSA) is 61.7 Å². The highest BCUT2D eigenvalue weighted by molar-refractivity contribution is 5.92. The van der Waals surface area contributed by atoms with Gasteiger partial charge in [0.1, 0.15) is 0 Å². The number of likely N-dealkylation sites (tertiary alicyclic amines) is 1. The average Bonchev–Trinajstić information content (AvgIpc) is 3.14. The summed E-state index contributed by atoms with van der Waals surface area (Å²) in [4.78, 5) is 30.9. The molecule has 0 aliphatic carbocycles. The first kappa shape index (κ1) is 17.0. The summed E-state index contributed by atoms with van der Waals surface area (Å²) in [7, 11) is 1.85. The Kier molecular flexibility index (Phi) is 5.18. The quantitative estimate of drug-likeness (QED) is 0.808. The summed E-state index contributed by atoms with van der Waals surface area (Å²) in [6.07, 6.45) is 3.14. The molecule has 0 aromatic carbocycles. The minimum atomic E-state index is -0.00794. The summed E-state index contributed by atoms with van der Waals surface area (Å²) in [6, 6.07) is 1.84. The molecule has 7 heteroatoms. The standard InChI is InChI=1S/C17H27N5O2/c1-14-12-15(18-19(14)2)17(24)22-9-5-6-20(10-11-22)13-16(23)21-7-3-4-8-21/h12H,3-11,13H2,1-2H3. The van der Waals surface area contributed by atoms with Crippen molar-refractivity contribution < 1.29 is 9.59 Å². The van der Waals surface area contributed by atoms with Gasteiger partial charge in [-0.15, -0.1) is 0 Å². The molecule has 132 valence electrons. The van der Waals surface area contributed by atoms with Gasteiger partial charge in [-0.3, -0.25) is 19.2 Å². The molecule has 0 spiro atoms. The van der Waals surface area contributed by atoms with E-state index in [0.717, 1.165) is 57.7 Å². The number of aryl methyl sites for hydroxylation is 2. The number of carbonyl (C=O) groups is 2. The first-order chi connectivity index (χ1) is 11.5. The molecular weight excluding hydrogens is 306 g/mol. The lowest BCUT2D eigenvalue weighted by Gasteiger charge is -2.23. The molecule has 1 aromatic heterocycles. The Morgan fingerprint density at radius 2 is 1.71 bits per heavy atom. The summed E-state index contributed by atoms with van der Waals surface area (Å²) >= 11 is 0. The van der Waals surface area contributed by atoms with Crippen molar-refractivity contribution in [1.82, 2.24) is 24.5 Å². The maximum Gasteiger partial charge on any atom is 0.274 e. The van der Waals surface area contributed by atoms with E-state index in [0.29, 0.717) is 18.8 Å². The highest BCUT2D eigenvalue weighted by atomic mass is 16.2. The van der Waals surface area contributed by atoms with Crippen LogP contribution in [0.5, 0.6) is 0 Å². The van der Waals surface area contributed by atoms with Gasteiger partial charge in [0.2, 0.25) is 5.91 Å². The Hall–Kier alpha value is -1.89. The number of nitrogens with zero attached hydrogens (tertiary/aromatic N) is 5. The molecule has 1 aromatic rings. The summed E-state index contributed by atoms with van der Waals surface area (Å²) in [5, 5.41) is 4.29. The second-order valence-corrected chi connectivity index (χ2v) is 6.80. The fraction of sp³-hybridized carbons (Fsp3) is 0.706. The molecule has 2 aliphatic heterocycles. The van der Waals surface area contributed by atoms with E-state index in [1.165, 1.54) is 0 Å². The van der Waals surface area contributed by atoms with Crippen LogP contribution in [0.25, 0.3) is 0 Å². The molecule has 3 rings (SSSR count). The molecule has 2 amide bonds. The van der Waals surface area contributed by atoms with E-state index in [-0.39, 0.29) is 11.8 Å². The fourth-order valence-corrected chi connectivity index (χ4v) is 3.42. The van der Waals surface area contributed by atoms with Gasteiger partial charge in [0, 0.05) is 52.0 Å². The molecule has 24 heavy (non-hydrogen) atoms. The van der Waals surface area contributed by atoms with Crippen LogP contribution < -0.4 is 0 Å². The van der Waals surface area contributed by atoms with Gasteiger partial charge in [-0.05, 0) is 32.3 Å². The van der Waals surface area contributed by atoms with Crippen LogP contribution >= 0.6 is 0 Å². The van der Waals surface area contributed by atoms with Crippen molar-refractivity contribution in [3.8, 4) is 0 Å². The lowest BCUT2D eigenvalue weighted by molar-refractivity contribution is -0.131. The second-order valence-electron chi connectivity index (χ2n) is 6.80. The van der Waals surface area contributed by atoms with Crippen LogP contribution in [0.3, 0.4) is 0 Å². The summed E-state index contributed by atoms with van der Waals surface area (Å²) < 4.78 is 1.73. The fourth-order valence-electron chi connectivity index (χ4n) is 3.42. The summed E-state index contributed by atoms with van der Waals surface area (Å²) in [5.41, 5.74) is 1.49. The Labute approximate surface area is 143 Å². The van der Waals surface area contributed by atoms with Crippen molar-refractivity contribution in [3.05, 3.63) is 17.5 Å². The van der Waals surface area contributed by atoms with Crippen molar-refractivity contribution in [2.24, 2.45) is 7.05 Å². The monoisotopic (exact) mass is 333 g/mol. The summed E-state index contributed by atoms with van der Waals surface area (Å²) in [6.45, 7) is 7.21. The van der Waals surface area contributed by atoms with Crippen molar-refractivity contribution in [2.75, 3.05) is 45.8 Å². The molecule has 7 nitrogen and oxygen atoms in total. The van der Waals surface area contributed by atoms with Crippen molar-refractivity contribution in [1.29, 1.82) is 0 Å². The lowest BCUT2D eigenvalue weighted by Crippen LogP contribution is -2.41. The molecule has 0 radical (unpaired) electrons. The Bertz CT molecular complexity index is 587. The van der Waals surface area contributed by atoms with E-state index in [9.17, 15) is 9.59 Å². The Morgan fingerprint density at radius 3 is 2.38 bits per heavy atom. The molecule has 0 atom stereocenters. The van der Waals surface area contributed by atoms with Crippen LogP contribution in [-0.4, -0.2) is 82.1 Å². The maximum absolute atomic E-state index is 12.6. The third kappa shape index (κ3) is 3.77. The minimum Gasteiger partial charge on any atom is -0.342 e. The third-order valence-corrected chi connectivity index (χ3v) is 5.03. The molecule has 2 fully saturated rings. The number of rotatable bonds is 3. The molecule has 2 saturated heterocycles. The van der Waals surface area contributed by atoms with E-state index in [1.807, 2.05) is 29.8 Å². The van der Waals surface area contributed by atoms with Crippen LogP contribution in [0.2, 0.25) is 0 Å². The molecule has 0 saturated carbocycles. The van der Waals surface area contributed by atoms with Crippen LogP contribution in [-0.2, 0) is 11.8 Å². The SMILES string of the molecule is Cc1cc(C(=O)N2CCCN(CC(=O)N3CCCC3)CC2)nn1C. The largest absolute Gasteiger partial charge is 0.342 e. The van der Waals surface area contributed by atoms with Crippen molar-refractivity contribution in [2.45, 2.75) is 26.2 Å². The van der Waals surface area contributed by atoms with Gasteiger partial charge in [0.25, 0.3) is 5.91 Å². The molecule has 2 aliphatic rings. The van der Waals surface area contributed by atoms with Gasteiger partial charge in [0.15, 0.2) is 5.69 Å². The lowest BCUT2D eigenvalue weighted by atomic mass is 10.3. The highest BCUT2D eigenvalue weighted by Crippen LogP contribution is 2.12. The first-order valence-electron chi connectivity index (χ1n) is 8.84. The minimum absolute atomic E-state index is 0.00794. The second kappa shape index (κ2) is 7.34. The van der Waals surface area contributed by atoms with E-state index in [2.05, 4.69) is 10.00 Å². The van der Waals surface area contributed by atoms with Crippen LogP contribution in [0, 0.1) is 6.92 Å². The smallest absolute Gasteiger partial charge is 0.274 e. The van der Waals surface area contributed by atoms with Gasteiger partial charge in [0.05, 0.1) is 6.54 Å². The Morgan fingerprint density at radius 1 is 1.00 bits per heavy atom. The van der Waals surface area contributed by atoms with Crippen molar-refractivity contribution >= 4 is 11.8 Å². The first-order valence-corrected chi connectivity index (χ1v) is 8.84. The van der Waals surface area contributed by atoms with Crippen LogP contribution in [0.4, 0.5) is 0 Å². The van der Waals surface area contributed by atoms with E-state index in [1.54, 1.807) is 4.68 Å². The van der Waals surface area contributed by atoms with E-state index < -0.39 is 0 Å². The van der Waals surface area contributed by atoms with Crippen LogP contribution in [0.15, 0.2) is 6.07 Å². The van der Waals surface area contributed by atoms with Gasteiger partial charge >= 0.3 is 0 Å². The third-order valence-electron chi connectivity index (χ3n) is 5.03. The molecule has 0 bridgehead atoms. The van der Waals surface area contributed by atoms with Gasteiger partial charge in [-0.25, -0.2) is 0 Å². The normalized spacial score (nSPS) is 19.6.